The third-order valence-electron chi connectivity index (χ3n) is 7.53. The van der Waals surface area contributed by atoms with E-state index in [9.17, 15) is 0 Å². The predicted octanol–water partition coefficient (Wildman–Crippen LogP) is 5.13. The molecular weight excluding hydrogens is 452 g/mol. The summed E-state index contributed by atoms with van der Waals surface area (Å²) in [6.07, 6.45) is 9.93. The third kappa shape index (κ3) is 3.17. The maximum atomic E-state index is 6.05. The molecule has 0 aliphatic heterocycles. The molecule has 31 heavy (non-hydrogen) atoms. The zero-order valence-electron chi connectivity index (χ0n) is 17.2. The molecule has 7 heteroatoms. The van der Waals surface area contributed by atoms with Gasteiger partial charge >= 0.3 is 0 Å². The molecule has 2 aliphatic rings. The van der Waals surface area contributed by atoms with E-state index >= 15 is 0 Å². The molecule has 0 spiro atoms. The van der Waals surface area contributed by atoms with E-state index in [4.69, 9.17) is 11.5 Å². The van der Waals surface area contributed by atoms with Crippen molar-refractivity contribution >= 4 is 49.5 Å². The van der Waals surface area contributed by atoms with Gasteiger partial charge in [-0.3, -0.25) is 0 Å². The highest BCUT2D eigenvalue weighted by Gasteiger charge is 2.43. The van der Waals surface area contributed by atoms with Crippen LogP contribution in [0.2, 0.25) is 0 Å². The number of nitrogen functional groups attached to an aromatic ring is 2. The fraction of sp³-hybridized carbons (Fsp3) is 0.375. The summed E-state index contributed by atoms with van der Waals surface area (Å²) in [6, 6.07) is 11.2. The highest BCUT2D eigenvalue weighted by molar-refractivity contribution is 9.10. The first-order valence-electron chi connectivity index (χ1n) is 11.0. The molecule has 3 heterocycles. The molecule has 0 bridgehead atoms. The summed E-state index contributed by atoms with van der Waals surface area (Å²) in [5.41, 5.74) is 15.4. The van der Waals surface area contributed by atoms with Gasteiger partial charge in [0.15, 0.2) is 0 Å². The van der Waals surface area contributed by atoms with Crippen LogP contribution in [-0.4, -0.2) is 19.5 Å². The number of halogens is 1. The van der Waals surface area contributed by atoms with Crippen LogP contribution in [0.25, 0.3) is 21.9 Å². The van der Waals surface area contributed by atoms with E-state index in [2.05, 4.69) is 65.9 Å². The van der Waals surface area contributed by atoms with Gasteiger partial charge in [0.25, 0.3) is 0 Å². The standard InChI is InChI=1S/C24H25BrN6/c25-20-10-16-2-1-13(8-21(16)30-23(20)27)7-14-3-4-15-9-17(11-19(14)15)31-6-5-18-22(26)28-12-29-24(18)31/h1-2,5-6,8,10,12,14-15,17,19H,3-4,7,9,11H2,(H2,27,30)(H2,26,28,29). The average molecular weight is 477 g/mol. The number of nitrogens with two attached hydrogens (primary N) is 2. The van der Waals surface area contributed by atoms with Crippen LogP contribution >= 0.6 is 15.9 Å². The van der Waals surface area contributed by atoms with Gasteiger partial charge in [0.2, 0.25) is 0 Å². The van der Waals surface area contributed by atoms with Crippen molar-refractivity contribution in [3.8, 4) is 0 Å². The van der Waals surface area contributed by atoms with Gasteiger partial charge < -0.3 is 16.0 Å². The Labute approximate surface area is 189 Å². The van der Waals surface area contributed by atoms with Crippen LogP contribution in [0.4, 0.5) is 11.6 Å². The van der Waals surface area contributed by atoms with Crippen molar-refractivity contribution in [2.75, 3.05) is 11.5 Å². The molecule has 4 aromatic rings. The molecular formula is C24H25BrN6. The largest absolute Gasteiger partial charge is 0.383 e. The maximum absolute atomic E-state index is 6.05. The van der Waals surface area contributed by atoms with Gasteiger partial charge in [0, 0.05) is 17.6 Å². The Kier molecular flexibility index (Phi) is 4.42. The van der Waals surface area contributed by atoms with E-state index in [-0.39, 0.29) is 0 Å². The summed E-state index contributed by atoms with van der Waals surface area (Å²) >= 11 is 3.47. The van der Waals surface area contributed by atoms with Crippen molar-refractivity contribution in [2.45, 2.75) is 38.1 Å². The molecule has 0 saturated heterocycles. The van der Waals surface area contributed by atoms with Gasteiger partial charge in [-0.15, -0.1) is 0 Å². The third-order valence-corrected chi connectivity index (χ3v) is 8.17. The lowest BCUT2D eigenvalue weighted by molar-refractivity contribution is 0.343. The molecule has 0 radical (unpaired) electrons. The summed E-state index contributed by atoms with van der Waals surface area (Å²) in [5.74, 6) is 3.41. The van der Waals surface area contributed by atoms with Gasteiger partial charge in [0.1, 0.15) is 23.6 Å². The highest BCUT2D eigenvalue weighted by Crippen LogP contribution is 2.53. The summed E-state index contributed by atoms with van der Waals surface area (Å²) in [5, 5.41) is 2.08. The molecule has 1 aromatic carbocycles. The van der Waals surface area contributed by atoms with E-state index in [0.29, 0.717) is 17.7 Å². The Morgan fingerprint density at radius 3 is 2.84 bits per heavy atom. The molecule has 4 N–H and O–H groups in total. The van der Waals surface area contributed by atoms with Crippen molar-refractivity contribution in [3.05, 3.63) is 52.9 Å². The topological polar surface area (TPSA) is 95.6 Å². The van der Waals surface area contributed by atoms with Crippen molar-refractivity contribution in [1.82, 2.24) is 19.5 Å². The number of benzene rings is 1. The van der Waals surface area contributed by atoms with E-state index in [1.54, 1.807) is 6.33 Å². The lowest BCUT2D eigenvalue weighted by atomic mass is 9.87. The first kappa shape index (κ1) is 19.0. The summed E-state index contributed by atoms with van der Waals surface area (Å²) in [6.45, 7) is 0. The van der Waals surface area contributed by atoms with Crippen LogP contribution in [0.15, 0.2) is 47.3 Å². The Morgan fingerprint density at radius 2 is 1.94 bits per heavy atom. The van der Waals surface area contributed by atoms with Crippen LogP contribution in [0.3, 0.4) is 0 Å². The number of fused-ring (bicyclic) bond motifs is 3. The lowest BCUT2D eigenvalue weighted by Gasteiger charge is -2.20. The average Bonchev–Trinajstić information content (AvgIpc) is 3.45. The minimum Gasteiger partial charge on any atom is -0.383 e. The summed E-state index contributed by atoms with van der Waals surface area (Å²) in [4.78, 5) is 13.2. The van der Waals surface area contributed by atoms with Crippen molar-refractivity contribution in [3.63, 3.8) is 0 Å². The van der Waals surface area contributed by atoms with Crippen LogP contribution in [0, 0.1) is 17.8 Å². The molecule has 6 nitrogen and oxygen atoms in total. The van der Waals surface area contributed by atoms with Crippen LogP contribution in [0.5, 0.6) is 0 Å². The predicted molar refractivity (Wildman–Crippen MR) is 127 cm³/mol. The minimum atomic E-state index is 0.500. The van der Waals surface area contributed by atoms with Gasteiger partial charge in [-0.2, -0.15) is 0 Å². The number of hydrogen-bond donors (Lipinski definition) is 2. The van der Waals surface area contributed by atoms with Gasteiger partial charge in [-0.25, -0.2) is 15.0 Å². The number of pyridine rings is 1. The number of aromatic nitrogens is 4. The maximum Gasteiger partial charge on any atom is 0.145 e. The van der Waals surface area contributed by atoms with Crippen LogP contribution < -0.4 is 11.5 Å². The molecule has 158 valence electrons. The van der Waals surface area contributed by atoms with E-state index in [0.717, 1.165) is 50.6 Å². The summed E-state index contributed by atoms with van der Waals surface area (Å²) < 4.78 is 3.19. The SMILES string of the molecule is Nc1nc2cc(CC3CCC4CC(n5ccc6c(N)ncnc65)CC34)ccc2cc1Br. The quantitative estimate of drug-likeness (QED) is 0.427. The molecule has 0 amide bonds. The number of hydrogen-bond acceptors (Lipinski definition) is 5. The second-order valence-corrected chi connectivity index (χ2v) is 10.0. The Morgan fingerprint density at radius 1 is 1.03 bits per heavy atom. The zero-order valence-corrected chi connectivity index (χ0v) is 18.8. The monoisotopic (exact) mass is 476 g/mol. The van der Waals surface area contributed by atoms with Crippen molar-refractivity contribution < 1.29 is 0 Å². The normalized spacial score (nSPS) is 25.5. The zero-order chi connectivity index (χ0) is 21.1. The van der Waals surface area contributed by atoms with Crippen LogP contribution in [-0.2, 0) is 6.42 Å². The highest BCUT2D eigenvalue weighted by atomic mass is 79.9. The van der Waals surface area contributed by atoms with Crippen LogP contribution in [0.1, 0.15) is 37.3 Å². The molecule has 3 aromatic heterocycles. The van der Waals surface area contributed by atoms with Gasteiger partial charge in [-0.05, 0) is 89.6 Å². The minimum absolute atomic E-state index is 0.500. The number of rotatable bonds is 3. The van der Waals surface area contributed by atoms with Gasteiger partial charge in [-0.1, -0.05) is 12.1 Å². The Bertz CT molecular complexity index is 1300. The Hall–Kier alpha value is -2.67. The molecule has 2 fully saturated rings. The smallest absolute Gasteiger partial charge is 0.145 e. The first-order valence-corrected chi connectivity index (χ1v) is 11.8. The van der Waals surface area contributed by atoms with E-state index in [1.807, 2.05) is 6.07 Å². The lowest BCUT2D eigenvalue weighted by Crippen LogP contribution is -2.13. The van der Waals surface area contributed by atoms with Crippen molar-refractivity contribution in [2.24, 2.45) is 17.8 Å². The van der Waals surface area contributed by atoms with Gasteiger partial charge in [0.05, 0.1) is 15.4 Å². The molecule has 2 aliphatic carbocycles. The molecule has 4 unspecified atom stereocenters. The summed E-state index contributed by atoms with van der Waals surface area (Å²) in [7, 11) is 0. The fourth-order valence-electron chi connectivity index (χ4n) is 6.08. The molecule has 6 rings (SSSR count). The molecule has 4 atom stereocenters. The second-order valence-electron chi connectivity index (χ2n) is 9.19. The molecule has 2 saturated carbocycles. The number of anilines is 2. The second kappa shape index (κ2) is 7.19. The number of nitrogens with zero attached hydrogens (tertiary/aromatic N) is 4. The van der Waals surface area contributed by atoms with Crippen molar-refractivity contribution in [1.29, 1.82) is 0 Å². The fourth-order valence-corrected chi connectivity index (χ4v) is 6.41. The Balaban J connectivity index is 1.23. The first-order chi connectivity index (χ1) is 15.1. The van der Waals surface area contributed by atoms with E-state index in [1.165, 1.54) is 31.2 Å². The van der Waals surface area contributed by atoms with E-state index < -0.39 is 0 Å².